The Morgan fingerprint density at radius 2 is 2.31 bits per heavy atom. The van der Waals surface area contributed by atoms with Crippen molar-refractivity contribution >= 4 is 5.82 Å². The molecule has 0 spiro atoms. The molecule has 5 nitrogen and oxygen atoms in total. The number of aryl methyl sites for hydroxylation is 1. The Bertz CT molecular complexity index is 255. The van der Waals surface area contributed by atoms with Gasteiger partial charge in [-0.3, -0.25) is 0 Å². The van der Waals surface area contributed by atoms with E-state index in [-0.39, 0.29) is 0 Å². The summed E-state index contributed by atoms with van der Waals surface area (Å²) in [5.41, 5.74) is 3.33. The average molecular weight is 182 g/mol. The maximum absolute atomic E-state index is 5.26. The first kappa shape index (κ1) is 9.88. The molecule has 0 radical (unpaired) electrons. The standard InChI is InChI=1S/C8H14N4O/c1-3-7-10-6(5-13-2)4-8(11-7)12-9/h4H,3,5,9H2,1-2H3,(H,10,11,12). The Balaban J connectivity index is 2.93. The van der Waals surface area contributed by atoms with Crippen molar-refractivity contribution in [1.82, 2.24) is 9.97 Å². The van der Waals surface area contributed by atoms with Crippen LogP contribution in [0.2, 0.25) is 0 Å². The number of aromatic nitrogens is 2. The highest BCUT2D eigenvalue weighted by Crippen LogP contribution is 2.06. The normalized spacial score (nSPS) is 10.1. The summed E-state index contributed by atoms with van der Waals surface area (Å²) < 4.78 is 4.97. The summed E-state index contributed by atoms with van der Waals surface area (Å²) in [5, 5.41) is 0. The van der Waals surface area contributed by atoms with Crippen molar-refractivity contribution in [1.29, 1.82) is 0 Å². The van der Waals surface area contributed by atoms with Crippen molar-refractivity contribution < 1.29 is 4.74 Å². The molecule has 0 atom stereocenters. The third-order valence-electron chi connectivity index (χ3n) is 1.58. The first-order valence-electron chi connectivity index (χ1n) is 4.12. The summed E-state index contributed by atoms with van der Waals surface area (Å²) in [7, 11) is 1.63. The van der Waals surface area contributed by atoms with Crippen LogP contribution in [0.15, 0.2) is 6.07 Å². The van der Waals surface area contributed by atoms with Crippen molar-refractivity contribution in [2.45, 2.75) is 20.0 Å². The number of ether oxygens (including phenoxy) is 1. The highest BCUT2D eigenvalue weighted by atomic mass is 16.5. The van der Waals surface area contributed by atoms with Gasteiger partial charge in [0.25, 0.3) is 0 Å². The van der Waals surface area contributed by atoms with E-state index in [2.05, 4.69) is 15.4 Å². The highest BCUT2D eigenvalue weighted by Gasteiger charge is 2.01. The lowest BCUT2D eigenvalue weighted by Crippen LogP contribution is -2.11. The van der Waals surface area contributed by atoms with Crippen molar-refractivity contribution in [3.63, 3.8) is 0 Å². The summed E-state index contributed by atoms with van der Waals surface area (Å²) in [6.07, 6.45) is 0.784. The molecule has 0 saturated heterocycles. The van der Waals surface area contributed by atoms with Crippen LogP contribution in [0, 0.1) is 0 Å². The largest absolute Gasteiger partial charge is 0.378 e. The Morgan fingerprint density at radius 1 is 1.54 bits per heavy atom. The summed E-state index contributed by atoms with van der Waals surface area (Å²) in [4.78, 5) is 8.41. The zero-order chi connectivity index (χ0) is 9.68. The van der Waals surface area contributed by atoms with Crippen molar-refractivity contribution in [2.75, 3.05) is 12.5 Å². The summed E-state index contributed by atoms with van der Waals surface area (Å²) >= 11 is 0. The smallest absolute Gasteiger partial charge is 0.144 e. The van der Waals surface area contributed by atoms with E-state index < -0.39 is 0 Å². The number of nitrogens with zero attached hydrogens (tertiary/aromatic N) is 2. The van der Waals surface area contributed by atoms with E-state index in [0.29, 0.717) is 12.4 Å². The van der Waals surface area contributed by atoms with Gasteiger partial charge in [0.05, 0.1) is 12.3 Å². The molecule has 1 aromatic rings. The van der Waals surface area contributed by atoms with Crippen LogP contribution in [-0.4, -0.2) is 17.1 Å². The summed E-state index contributed by atoms with van der Waals surface area (Å²) in [6.45, 7) is 2.47. The number of rotatable bonds is 4. The van der Waals surface area contributed by atoms with Crippen molar-refractivity contribution in [2.24, 2.45) is 5.84 Å². The first-order chi connectivity index (χ1) is 6.30. The van der Waals surface area contributed by atoms with Gasteiger partial charge in [-0.1, -0.05) is 6.92 Å². The van der Waals surface area contributed by atoms with Crippen LogP contribution in [0.3, 0.4) is 0 Å². The van der Waals surface area contributed by atoms with Gasteiger partial charge in [-0.05, 0) is 0 Å². The zero-order valence-electron chi connectivity index (χ0n) is 7.87. The number of nitrogens with two attached hydrogens (primary N) is 1. The predicted octanol–water partition coefficient (Wildman–Crippen LogP) is 0.471. The van der Waals surface area contributed by atoms with Crippen LogP contribution in [0.1, 0.15) is 18.4 Å². The Morgan fingerprint density at radius 3 is 2.85 bits per heavy atom. The van der Waals surface area contributed by atoms with E-state index in [1.165, 1.54) is 0 Å². The Labute approximate surface area is 77.3 Å². The van der Waals surface area contributed by atoms with Crippen LogP contribution in [0.5, 0.6) is 0 Å². The van der Waals surface area contributed by atoms with E-state index in [1.54, 1.807) is 13.2 Å². The molecule has 0 amide bonds. The summed E-state index contributed by atoms with van der Waals surface area (Å²) in [5.74, 6) is 6.65. The molecule has 0 aliphatic rings. The van der Waals surface area contributed by atoms with Crippen molar-refractivity contribution in [3.05, 3.63) is 17.6 Å². The van der Waals surface area contributed by atoms with E-state index >= 15 is 0 Å². The van der Waals surface area contributed by atoms with Crippen LogP contribution in [-0.2, 0) is 17.8 Å². The molecule has 0 unspecified atom stereocenters. The maximum atomic E-state index is 5.26. The fraction of sp³-hybridized carbons (Fsp3) is 0.500. The lowest BCUT2D eigenvalue weighted by molar-refractivity contribution is 0.181. The Kier molecular flexibility index (Phi) is 3.60. The molecule has 0 bridgehead atoms. The highest BCUT2D eigenvalue weighted by molar-refractivity contribution is 5.34. The molecule has 72 valence electrons. The average Bonchev–Trinajstić information content (AvgIpc) is 2.17. The quantitative estimate of drug-likeness (QED) is 0.523. The number of hydrogen-bond acceptors (Lipinski definition) is 5. The number of nitrogens with one attached hydrogen (secondary N) is 1. The molecule has 5 heteroatoms. The van der Waals surface area contributed by atoms with E-state index in [1.807, 2.05) is 6.92 Å². The molecule has 0 fully saturated rings. The van der Waals surface area contributed by atoms with Gasteiger partial charge < -0.3 is 10.2 Å². The minimum absolute atomic E-state index is 0.476. The number of anilines is 1. The van der Waals surface area contributed by atoms with E-state index in [0.717, 1.165) is 17.9 Å². The van der Waals surface area contributed by atoms with Gasteiger partial charge in [0.1, 0.15) is 11.6 Å². The molecule has 0 saturated carbocycles. The molecule has 13 heavy (non-hydrogen) atoms. The molecular weight excluding hydrogens is 168 g/mol. The van der Waals surface area contributed by atoms with Crippen LogP contribution < -0.4 is 11.3 Å². The van der Waals surface area contributed by atoms with E-state index in [4.69, 9.17) is 10.6 Å². The molecule has 1 heterocycles. The van der Waals surface area contributed by atoms with Crippen LogP contribution in [0.4, 0.5) is 5.82 Å². The molecule has 1 rings (SSSR count). The number of hydrogen-bond donors (Lipinski definition) is 2. The topological polar surface area (TPSA) is 73.1 Å². The van der Waals surface area contributed by atoms with E-state index in [9.17, 15) is 0 Å². The number of hydrazine groups is 1. The second kappa shape index (κ2) is 4.74. The second-order valence-electron chi connectivity index (χ2n) is 2.59. The minimum atomic E-state index is 0.476. The lowest BCUT2D eigenvalue weighted by atomic mass is 10.3. The Hall–Kier alpha value is -1.20. The van der Waals surface area contributed by atoms with Gasteiger partial charge in [-0.25, -0.2) is 15.8 Å². The third-order valence-corrected chi connectivity index (χ3v) is 1.58. The fourth-order valence-electron chi connectivity index (χ4n) is 1.01. The van der Waals surface area contributed by atoms with Crippen LogP contribution >= 0.6 is 0 Å². The van der Waals surface area contributed by atoms with Gasteiger partial charge in [0.15, 0.2) is 0 Å². The predicted molar refractivity (Wildman–Crippen MR) is 49.9 cm³/mol. The second-order valence-corrected chi connectivity index (χ2v) is 2.59. The fourth-order valence-corrected chi connectivity index (χ4v) is 1.01. The SMILES string of the molecule is CCc1nc(COC)cc(NN)n1. The number of nitrogen functional groups attached to an aromatic ring is 1. The molecular formula is C8H14N4O. The van der Waals surface area contributed by atoms with Crippen LogP contribution in [0.25, 0.3) is 0 Å². The first-order valence-corrected chi connectivity index (χ1v) is 4.12. The van der Waals surface area contributed by atoms with Gasteiger partial charge >= 0.3 is 0 Å². The molecule has 0 aliphatic heterocycles. The summed E-state index contributed by atoms with van der Waals surface area (Å²) in [6, 6.07) is 1.77. The minimum Gasteiger partial charge on any atom is -0.378 e. The van der Waals surface area contributed by atoms with Gasteiger partial charge in [-0.2, -0.15) is 0 Å². The molecule has 0 aliphatic carbocycles. The number of methoxy groups -OCH3 is 1. The molecule has 3 N–H and O–H groups in total. The molecule has 1 aromatic heterocycles. The van der Waals surface area contributed by atoms with Gasteiger partial charge in [0.2, 0.25) is 0 Å². The van der Waals surface area contributed by atoms with Gasteiger partial charge in [0, 0.05) is 19.6 Å². The maximum Gasteiger partial charge on any atom is 0.144 e. The third kappa shape index (κ3) is 2.64. The lowest BCUT2D eigenvalue weighted by Gasteiger charge is -2.05. The zero-order valence-corrected chi connectivity index (χ0v) is 7.87. The van der Waals surface area contributed by atoms with Gasteiger partial charge in [-0.15, -0.1) is 0 Å². The van der Waals surface area contributed by atoms with Crippen molar-refractivity contribution in [3.8, 4) is 0 Å². The molecule has 0 aromatic carbocycles. The monoisotopic (exact) mass is 182 g/mol.